The SMILES string of the molecule is CC(CN)S(=O)C1CCCOC1. The van der Waals surface area contributed by atoms with E-state index in [9.17, 15) is 4.21 Å². The lowest BCUT2D eigenvalue weighted by Crippen LogP contribution is -2.35. The molecule has 0 aromatic heterocycles. The van der Waals surface area contributed by atoms with Crippen molar-refractivity contribution in [3.63, 3.8) is 0 Å². The van der Waals surface area contributed by atoms with E-state index >= 15 is 0 Å². The third-order valence-electron chi connectivity index (χ3n) is 2.18. The molecule has 0 bridgehead atoms. The Kier molecular flexibility index (Phi) is 4.18. The zero-order valence-electron chi connectivity index (χ0n) is 7.49. The van der Waals surface area contributed by atoms with Gasteiger partial charge in [-0.2, -0.15) is 0 Å². The molecule has 3 unspecified atom stereocenters. The molecule has 1 aliphatic rings. The highest BCUT2D eigenvalue weighted by Crippen LogP contribution is 2.14. The van der Waals surface area contributed by atoms with Crippen LogP contribution in [0, 0.1) is 0 Å². The Morgan fingerprint density at radius 2 is 2.50 bits per heavy atom. The summed E-state index contributed by atoms with van der Waals surface area (Å²) in [5.41, 5.74) is 5.45. The summed E-state index contributed by atoms with van der Waals surface area (Å²) in [6, 6.07) is 0. The maximum Gasteiger partial charge on any atom is 0.0610 e. The van der Waals surface area contributed by atoms with Crippen LogP contribution in [0.5, 0.6) is 0 Å². The second-order valence-corrected chi connectivity index (χ2v) is 5.34. The highest BCUT2D eigenvalue weighted by Gasteiger charge is 2.23. The molecule has 1 aliphatic heterocycles. The monoisotopic (exact) mass is 191 g/mol. The van der Waals surface area contributed by atoms with Crippen LogP contribution in [0.4, 0.5) is 0 Å². The number of ether oxygens (including phenoxy) is 1. The Hall–Kier alpha value is 0.0700. The van der Waals surface area contributed by atoms with Gasteiger partial charge in [0.15, 0.2) is 0 Å². The largest absolute Gasteiger partial charge is 0.380 e. The van der Waals surface area contributed by atoms with Crippen LogP contribution < -0.4 is 5.73 Å². The van der Waals surface area contributed by atoms with Crippen LogP contribution in [0.15, 0.2) is 0 Å². The lowest BCUT2D eigenvalue weighted by molar-refractivity contribution is 0.100. The van der Waals surface area contributed by atoms with Gasteiger partial charge < -0.3 is 10.5 Å². The van der Waals surface area contributed by atoms with Crippen LogP contribution in [-0.4, -0.2) is 34.5 Å². The molecule has 0 amide bonds. The summed E-state index contributed by atoms with van der Waals surface area (Å²) in [7, 11) is -0.801. The number of hydrogen-bond donors (Lipinski definition) is 1. The topological polar surface area (TPSA) is 52.3 Å². The molecule has 3 atom stereocenters. The quantitative estimate of drug-likeness (QED) is 0.696. The van der Waals surface area contributed by atoms with Crippen molar-refractivity contribution in [1.29, 1.82) is 0 Å². The number of rotatable bonds is 3. The fraction of sp³-hybridized carbons (Fsp3) is 1.00. The molecule has 1 heterocycles. The third kappa shape index (κ3) is 2.54. The second-order valence-electron chi connectivity index (χ2n) is 3.21. The van der Waals surface area contributed by atoms with Crippen molar-refractivity contribution in [3.8, 4) is 0 Å². The van der Waals surface area contributed by atoms with Crippen molar-refractivity contribution in [1.82, 2.24) is 0 Å². The minimum Gasteiger partial charge on any atom is -0.380 e. The number of hydrogen-bond acceptors (Lipinski definition) is 3. The standard InChI is InChI=1S/C8H17NO2S/c1-7(5-9)12(10)8-3-2-4-11-6-8/h7-8H,2-6,9H2,1H3. The minimum atomic E-state index is -0.801. The normalized spacial score (nSPS) is 29.7. The summed E-state index contributed by atoms with van der Waals surface area (Å²) < 4.78 is 16.9. The van der Waals surface area contributed by atoms with Gasteiger partial charge in [0.1, 0.15) is 0 Å². The van der Waals surface area contributed by atoms with E-state index in [0.29, 0.717) is 13.2 Å². The predicted molar refractivity (Wildman–Crippen MR) is 50.5 cm³/mol. The molecule has 3 nitrogen and oxygen atoms in total. The fourth-order valence-corrected chi connectivity index (χ4v) is 2.79. The van der Waals surface area contributed by atoms with E-state index in [1.807, 2.05) is 6.92 Å². The van der Waals surface area contributed by atoms with Crippen molar-refractivity contribution in [2.24, 2.45) is 5.73 Å². The summed E-state index contributed by atoms with van der Waals surface area (Å²) in [5, 5.41) is 0.328. The van der Waals surface area contributed by atoms with Gasteiger partial charge in [-0.25, -0.2) is 0 Å². The Morgan fingerprint density at radius 1 is 1.75 bits per heavy atom. The van der Waals surface area contributed by atoms with Crippen molar-refractivity contribution in [2.75, 3.05) is 19.8 Å². The molecule has 0 saturated carbocycles. The molecule has 0 spiro atoms. The second kappa shape index (κ2) is 4.94. The van der Waals surface area contributed by atoms with E-state index in [2.05, 4.69) is 0 Å². The highest BCUT2D eigenvalue weighted by molar-refractivity contribution is 7.86. The molecule has 4 heteroatoms. The van der Waals surface area contributed by atoms with Crippen molar-refractivity contribution in [2.45, 2.75) is 30.3 Å². The van der Waals surface area contributed by atoms with Gasteiger partial charge in [-0.15, -0.1) is 0 Å². The van der Waals surface area contributed by atoms with Gasteiger partial charge in [-0.3, -0.25) is 4.21 Å². The Labute approximate surface area is 76.1 Å². The molecule has 0 aliphatic carbocycles. The summed E-state index contributed by atoms with van der Waals surface area (Å²) in [4.78, 5) is 0. The van der Waals surface area contributed by atoms with Gasteiger partial charge in [-0.05, 0) is 19.8 Å². The Bertz CT molecular complexity index is 157. The van der Waals surface area contributed by atoms with E-state index < -0.39 is 10.8 Å². The Balaban J connectivity index is 2.39. The van der Waals surface area contributed by atoms with E-state index in [0.717, 1.165) is 19.4 Å². The average molecular weight is 191 g/mol. The summed E-state index contributed by atoms with van der Waals surface area (Å²) in [5.74, 6) is 0. The van der Waals surface area contributed by atoms with Crippen LogP contribution in [0.3, 0.4) is 0 Å². The molecular formula is C8H17NO2S. The van der Waals surface area contributed by atoms with Crippen molar-refractivity contribution in [3.05, 3.63) is 0 Å². The van der Waals surface area contributed by atoms with Gasteiger partial charge in [0.25, 0.3) is 0 Å². The van der Waals surface area contributed by atoms with E-state index in [4.69, 9.17) is 10.5 Å². The smallest absolute Gasteiger partial charge is 0.0610 e. The van der Waals surface area contributed by atoms with Gasteiger partial charge >= 0.3 is 0 Å². The average Bonchev–Trinajstić information content (AvgIpc) is 2.17. The maximum atomic E-state index is 11.7. The molecule has 0 aromatic carbocycles. The van der Waals surface area contributed by atoms with Crippen LogP contribution in [0.1, 0.15) is 19.8 Å². The first-order valence-electron chi connectivity index (χ1n) is 4.43. The van der Waals surface area contributed by atoms with Crippen LogP contribution in [-0.2, 0) is 15.5 Å². The van der Waals surface area contributed by atoms with Crippen LogP contribution in [0.25, 0.3) is 0 Å². The van der Waals surface area contributed by atoms with Gasteiger partial charge in [0.05, 0.1) is 11.9 Å². The maximum absolute atomic E-state index is 11.7. The van der Waals surface area contributed by atoms with Gasteiger partial charge in [0.2, 0.25) is 0 Å². The molecular weight excluding hydrogens is 174 g/mol. The van der Waals surface area contributed by atoms with Crippen molar-refractivity contribution < 1.29 is 8.95 Å². The highest BCUT2D eigenvalue weighted by atomic mass is 32.2. The number of nitrogens with two attached hydrogens (primary N) is 1. The molecule has 2 N–H and O–H groups in total. The molecule has 1 rings (SSSR count). The molecule has 0 radical (unpaired) electrons. The Morgan fingerprint density at radius 3 is 3.00 bits per heavy atom. The molecule has 1 fully saturated rings. The van der Waals surface area contributed by atoms with Gasteiger partial charge in [0, 0.05) is 29.2 Å². The first-order valence-corrected chi connectivity index (χ1v) is 5.70. The molecule has 12 heavy (non-hydrogen) atoms. The molecule has 0 aromatic rings. The first-order chi connectivity index (χ1) is 5.75. The summed E-state index contributed by atoms with van der Waals surface area (Å²) in [6.07, 6.45) is 2.06. The van der Waals surface area contributed by atoms with Crippen LogP contribution in [0.2, 0.25) is 0 Å². The minimum absolute atomic E-state index is 0.108. The lowest BCUT2D eigenvalue weighted by atomic mass is 10.2. The van der Waals surface area contributed by atoms with E-state index in [1.165, 1.54) is 0 Å². The summed E-state index contributed by atoms with van der Waals surface area (Å²) in [6.45, 7) is 3.91. The van der Waals surface area contributed by atoms with E-state index in [-0.39, 0.29) is 10.5 Å². The molecule has 72 valence electrons. The van der Waals surface area contributed by atoms with Gasteiger partial charge in [-0.1, -0.05) is 0 Å². The third-order valence-corrected chi connectivity index (χ3v) is 4.19. The zero-order valence-corrected chi connectivity index (χ0v) is 8.31. The fourth-order valence-electron chi connectivity index (χ4n) is 1.32. The predicted octanol–water partition coefficient (Wildman–Crippen LogP) is 0.261. The van der Waals surface area contributed by atoms with Crippen LogP contribution >= 0.6 is 0 Å². The summed E-state index contributed by atoms with van der Waals surface area (Å²) >= 11 is 0. The molecule has 1 saturated heterocycles. The first kappa shape index (κ1) is 10.2. The van der Waals surface area contributed by atoms with E-state index in [1.54, 1.807) is 0 Å². The van der Waals surface area contributed by atoms with Crippen molar-refractivity contribution >= 4 is 10.8 Å². The zero-order chi connectivity index (χ0) is 8.97. The lowest BCUT2D eigenvalue weighted by Gasteiger charge is -2.23.